The first-order valence-corrected chi connectivity index (χ1v) is 13.4. The largest absolute Gasteiger partial charge is 0.519 e. The molecule has 0 aliphatic rings. The molecule has 0 heterocycles. The van der Waals surface area contributed by atoms with Crippen molar-refractivity contribution in [3.63, 3.8) is 0 Å². The van der Waals surface area contributed by atoms with Gasteiger partial charge in [-0.1, -0.05) is 0 Å². The molecule has 0 unspecified atom stereocenters. The Kier molecular flexibility index (Phi) is 14.6. The third-order valence-electron chi connectivity index (χ3n) is 3.45. The lowest BCUT2D eigenvalue weighted by atomic mass is 10.2. The molecule has 0 saturated carbocycles. The van der Waals surface area contributed by atoms with Crippen molar-refractivity contribution in [2.45, 2.75) is 79.1 Å². The van der Waals surface area contributed by atoms with E-state index in [9.17, 15) is 23.2 Å². The van der Waals surface area contributed by atoms with Crippen LogP contribution in [0.5, 0.6) is 0 Å². The van der Waals surface area contributed by atoms with Crippen LogP contribution in [0.2, 0.25) is 0 Å². The van der Waals surface area contributed by atoms with Crippen LogP contribution in [0, 0.1) is 11.6 Å². The lowest BCUT2D eigenvalue weighted by Gasteiger charge is -2.20. The highest BCUT2D eigenvalue weighted by Crippen LogP contribution is 2.20. The lowest BCUT2D eigenvalue weighted by Crippen LogP contribution is -2.29. The number of ether oxygens (including phenoxy) is 4. The number of nitrogen functional groups attached to an aromatic ring is 1. The van der Waals surface area contributed by atoms with Crippen molar-refractivity contribution >= 4 is 61.6 Å². The number of hydrogen-bond donors (Lipinski definition) is 2. The molecule has 13 heteroatoms. The van der Waals surface area contributed by atoms with E-state index >= 15 is 0 Å². The van der Waals surface area contributed by atoms with Crippen LogP contribution >= 0.6 is 31.9 Å². The van der Waals surface area contributed by atoms with Gasteiger partial charge in [-0.15, -0.1) is 0 Å². The SMILES string of the molecule is CC(C)(C)OC(=O)Nc1ccc(Br)c(F)c1.CC(C)(C)OC(=O)OC(=O)OC(C)(C)C.Nc1ccc(Br)c(F)c1. The Labute approximate surface area is 250 Å². The maximum atomic E-state index is 13.1. The molecule has 9 nitrogen and oxygen atoms in total. The first-order valence-electron chi connectivity index (χ1n) is 11.8. The summed E-state index contributed by atoms with van der Waals surface area (Å²) in [6.45, 7) is 15.3. The molecule has 0 aliphatic carbocycles. The van der Waals surface area contributed by atoms with Gasteiger partial charge in [-0.05, 0) is 131 Å². The van der Waals surface area contributed by atoms with Crippen molar-refractivity contribution in [3.8, 4) is 0 Å². The Balaban J connectivity index is 0.000000592. The average Bonchev–Trinajstić information content (AvgIpc) is 2.70. The van der Waals surface area contributed by atoms with Crippen molar-refractivity contribution in [3.05, 3.63) is 57.0 Å². The summed E-state index contributed by atoms with van der Waals surface area (Å²) in [4.78, 5) is 33.4. The molecular formula is C27H36Br2F2N2O7. The van der Waals surface area contributed by atoms with Crippen molar-refractivity contribution in [1.82, 2.24) is 0 Å². The summed E-state index contributed by atoms with van der Waals surface area (Å²) in [7, 11) is 0. The Hall–Kier alpha value is -2.93. The predicted molar refractivity (Wildman–Crippen MR) is 156 cm³/mol. The molecule has 1 amide bonds. The normalized spacial score (nSPS) is 11.0. The molecule has 0 aliphatic heterocycles. The van der Waals surface area contributed by atoms with Gasteiger partial charge in [0.05, 0.1) is 8.95 Å². The summed E-state index contributed by atoms with van der Waals surface area (Å²) in [5.41, 5.74) is 4.10. The van der Waals surface area contributed by atoms with Gasteiger partial charge in [-0.2, -0.15) is 0 Å². The number of rotatable bonds is 1. The van der Waals surface area contributed by atoms with Crippen molar-refractivity contribution in [2.75, 3.05) is 11.1 Å². The van der Waals surface area contributed by atoms with Crippen molar-refractivity contribution < 1.29 is 42.1 Å². The molecule has 2 rings (SSSR count). The zero-order valence-corrected chi connectivity index (χ0v) is 27.1. The van der Waals surface area contributed by atoms with Crippen LogP contribution in [0.3, 0.4) is 0 Å². The molecule has 40 heavy (non-hydrogen) atoms. The molecule has 2 aromatic carbocycles. The van der Waals surface area contributed by atoms with Gasteiger partial charge in [-0.3, -0.25) is 5.32 Å². The number of benzene rings is 2. The quantitative estimate of drug-likeness (QED) is 0.131. The summed E-state index contributed by atoms with van der Waals surface area (Å²) in [6.07, 6.45) is -2.72. The van der Waals surface area contributed by atoms with Crippen LogP contribution in [0.4, 0.5) is 34.5 Å². The maximum absolute atomic E-state index is 13.1. The minimum atomic E-state index is -1.06. The smallest absolute Gasteiger partial charge is 0.444 e. The lowest BCUT2D eigenvalue weighted by molar-refractivity contribution is -0.0294. The van der Waals surface area contributed by atoms with E-state index in [1.807, 2.05) is 0 Å². The molecule has 224 valence electrons. The van der Waals surface area contributed by atoms with Crippen LogP contribution in [0.25, 0.3) is 0 Å². The van der Waals surface area contributed by atoms with E-state index in [0.717, 1.165) is 0 Å². The molecule has 3 N–H and O–H groups in total. The highest BCUT2D eigenvalue weighted by Gasteiger charge is 2.24. The van der Waals surface area contributed by atoms with Crippen LogP contribution in [0.15, 0.2) is 45.3 Å². The zero-order valence-electron chi connectivity index (χ0n) is 23.9. The van der Waals surface area contributed by atoms with E-state index in [4.69, 9.17) is 19.9 Å². The van der Waals surface area contributed by atoms with Crippen molar-refractivity contribution in [2.24, 2.45) is 0 Å². The third kappa shape index (κ3) is 19.2. The Morgan fingerprint density at radius 2 is 1.10 bits per heavy atom. The van der Waals surface area contributed by atoms with Gasteiger partial charge in [0, 0.05) is 11.4 Å². The topological polar surface area (TPSA) is 126 Å². The van der Waals surface area contributed by atoms with E-state index in [1.54, 1.807) is 80.5 Å². The minimum absolute atomic E-state index is 0.324. The second kappa shape index (κ2) is 15.8. The fraction of sp³-hybridized carbons (Fsp3) is 0.444. The molecule has 0 spiro atoms. The fourth-order valence-corrected chi connectivity index (χ4v) is 2.61. The molecular weight excluding hydrogens is 662 g/mol. The fourth-order valence-electron chi connectivity index (χ4n) is 2.12. The van der Waals surface area contributed by atoms with Gasteiger partial charge in [0.25, 0.3) is 0 Å². The number of hydrogen-bond acceptors (Lipinski definition) is 8. The summed E-state index contributed by atoms with van der Waals surface area (Å²) >= 11 is 6.02. The molecule has 0 fully saturated rings. The molecule has 0 aromatic heterocycles. The highest BCUT2D eigenvalue weighted by atomic mass is 79.9. The molecule has 0 atom stereocenters. The monoisotopic (exact) mass is 696 g/mol. The summed E-state index contributed by atoms with van der Waals surface area (Å²) in [5.74, 6) is -0.761. The highest BCUT2D eigenvalue weighted by molar-refractivity contribution is 9.10. The Bertz CT molecular complexity index is 1130. The van der Waals surface area contributed by atoms with Gasteiger partial charge in [0.15, 0.2) is 0 Å². The van der Waals surface area contributed by atoms with Crippen LogP contribution in [-0.4, -0.2) is 35.2 Å². The average molecular weight is 698 g/mol. The maximum Gasteiger partial charge on any atom is 0.519 e. The Morgan fingerprint density at radius 3 is 1.45 bits per heavy atom. The molecule has 0 radical (unpaired) electrons. The number of nitrogens with two attached hydrogens (primary N) is 1. The third-order valence-corrected chi connectivity index (χ3v) is 4.74. The predicted octanol–water partition coefficient (Wildman–Crippen LogP) is 8.98. The molecule has 0 bridgehead atoms. The van der Waals surface area contributed by atoms with E-state index in [-0.39, 0.29) is 5.82 Å². The number of nitrogens with one attached hydrogen (secondary N) is 1. The number of carbonyl (C=O) groups excluding carboxylic acids is 3. The number of anilines is 2. The van der Waals surface area contributed by atoms with Crippen LogP contribution in [0.1, 0.15) is 62.3 Å². The van der Waals surface area contributed by atoms with E-state index < -0.39 is 41.0 Å². The van der Waals surface area contributed by atoms with Gasteiger partial charge in [0.1, 0.15) is 28.4 Å². The van der Waals surface area contributed by atoms with Gasteiger partial charge in [-0.25, -0.2) is 23.2 Å². The van der Waals surface area contributed by atoms with Gasteiger partial charge < -0.3 is 24.7 Å². The molecule has 0 saturated heterocycles. The van der Waals surface area contributed by atoms with Crippen LogP contribution in [-0.2, 0) is 18.9 Å². The minimum Gasteiger partial charge on any atom is -0.444 e. The second-order valence-electron chi connectivity index (χ2n) is 11.0. The number of amides is 1. The van der Waals surface area contributed by atoms with E-state index in [1.165, 1.54) is 18.2 Å². The van der Waals surface area contributed by atoms with Gasteiger partial charge in [0.2, 0.25) is 0 Å². The number of halogens is 4. The first kappa shape index (κ1) is 37.1. The van der Waals surface area contributed by atoms with E-state index in [0.29, 0.717) is 20.3 Å². The van der Waals surface area contributed by atoms with Crippen molar-refractivity contribution in [1.29, 1.82) is 0 Å². The summed E-state index contributed by atoms with van der Waals surface area (Å²) in [6, 6.07) is 8.79. The summed E-state index contributed by atoms with van der Waals surface area (Å²) in [5, 5.41) is 2.44. The first-order chi connectivity index (χ1) is 18.0. The number of carbonyl (C=O) groups is 3. The van der Waals surface area contributed by atoms with Crippen LogP contribution < -0.4 is 11.1 Å². The standard InChI is InChI=1S/C11H13BrFNO2.C10H18O5.C6H5BrFN/c1-11(2,3)16-10(15)14-7-4-5-8(12)9(13)6-7;1-9(2,3)14-7(11)13-8(12)15-10(4,5)6;7-5-2-1-4(9)3-6(5)8/h4-6H,1-3H3,(H,14,15);1-6H3;1-3H,9H2. The van der Waals surface area contributed by atoms with Gasteiger partial charge >= 0.3 is 18.4 Å². The zero-order chi connectivity index (χ0) is 31.5. The summed E-state index contributed by atoms with van der Waals surface area (Å²) < 4.78 is 45.2. The molecule has 2 aromatic rings. The van der Waals surface area contributed by atoms with E-state index in [2.05, 4.69) is 41.9 Å². The second-order valence-corrected chi connectivity index (χ2v) is 12.7. The Morgan fingerprint density at radius 1 is 0.700 bits per heavy atom.